The van der Waals surface area contributed by atoms with E-state index in [9.17, 15) is 14.7 Å². The third-order valence-corrected chi connectivity index (χ3v) is 5.58. The number of carbonyl (C=O) groups excluding carboxylic acids is 2. The molecule has 6 nitrogen and oxygen atoms in total. The highest BCUT2D eigenvalue weighted by Gasteiger charge is 2.46. The molecule has 0 spiro atoms. The lowest BCUT2D eigenvalue weighted by Crippen LogP contribution is -2.42. The molecule has 0 radical (unpaired) electrons. The Morgan fingerprint density at radius 1 is 1.20 bits per heavy atom. The fourth-order valence-electron chi connectivity index (χ4n) is 4.36. The molecule has 0 aromatic heterocycles. The first-order valence-electron chi connectivity index (χ1n) is 9.07. The zero-order valence-electron chi connectivity index (χ0n) is 14.1. The van der Waals surface area contributed by atoms with E-state index >= 15 is 0 Å². The smallest absolute Gasteiger partial charge is 0.341 e. The standard InChI is InChI=1S/C19H23N3O3/c23-14-8-4-7-13(9-14)17-16-15(20-19(25)21-17)11-22(18(16)24)10-12-5-2-1-3-6-12/h4,7-9,12,16-17,23H,1-3,5-6,10-11H2,(H,21,25). The first kappa shape index (κ1) is 16.1. The maximum Gasteiger partial charge on any atom is 0.341 e. The average Bonchev–Trinajstić information content (AvgIpc) is 2.90. The van der Waals surface area contributed by atoms with Crippen LogP contribution < -0.4 is 5.32 Å². The van der Waals surface area contributed by atoms with Crippen LogP contribution in [0.15, 0.2) is 29.3 Å². The van der Waals surface area contributed by atoms with Gasteiger partial charge in [-0.3, -0.25) is 4.79 Å². The van der Waals surface area contributed by atoms with Crippen molar-refractivity contribution in [3.05, 3.63) is 29.8 Å². The lowest BCUT2D eigenvalue weighted by atomic mass is 9.88. The monoisotopic (exact) mass is 341 g/mol. The number of benzene rings is 1. The van der Waals surface area contributed by atoms with Gasteiger partial charge in [-0.05, 0) is 36.5 Å². The van der Waals surface area contributed by atoms with Crippen molar-refractivity contribution >= 4 is 17.6 Å². The van der Waals surface area contributed by atoms with E-state index in [1.807, 2.05) is 11.0 Å². The lowest BCUT2D eigenvalue weighted by Gasteiger charge is -2.28. The Labute approximate surface area is 146 Å². The fraction of sp³-hybridized carbons (Fsp3) is 0.526. The van der Waals surface area contributed by atoms with Crippen LogP contribution >= 0.6 is 0 Å². The largest absolute Gasteiger partial charge is 0.508 e. The number of phenolic OH excluding ortho intramolecular Hbond substituents is 1. The molecule has 1 saturated heterocycles. The molecular formula is C19H23N3O3. The highest BCUT2D eigenvalue weighted by atomic mass is 16.3. The van der Waals surface area contributed by atoms with Crippen LogP contribution in [0.4, 0.5) is 4.79 Å². The van der Waals surface area contributed by atoms with Crippen LogP contribution in [-0.4, -0.2) is 40.7 Å². The number of hydrogen-bond acceptors (Lipinski definition) is 3. The minimum atomic E-state index is -0.462. The molecule has 2 N–H and O–H groups in total. The number of carbonyl (C=O) groups is 2. The number of hydrogen-bond donors (Lipinski definition) is 2. The normalized spacial score (nSPS) is 27.0. The van der Waals surface area contributed by atoms with Crippen LogP contribution in [0, 0.1) is 11.8 Å². The van der Waals surface area contributed by atoms with Crippen molar-refractivity contribution in [2.24, 2.45) is 16.8 Å². The van der Waals surface area contributed by atoms with Gasteiger partial charge in [-0.2, -0.15) is 0 Å². The molecular weight excluding hydrogens is 318 g/mol. The van der Waals surface area contributed by atoms with E-state index in [0.29, 0.717) is 18.2 Å². The van der Waals surface area contributed by atoms with Gasteiger partial charge in [-0.1, -0.05) is 31.4 Å². The topological polar surface area (TPSA) is 82.0 Å². The second-order valence-corrected chi connectivity index (χ2v) is 7.33. The van der Waals surface area contributed by atoms with Crippen LogP contribution in [0.1, 0.15) is 43.7 Å². The summed E-state index contributed by atoms with van der Waals surface area (Å²) in [4.78, 5) is 31.0. The maximum atomic E-state index is 13.0. The SMILES string of the molecule is O=C1N=C2CN(CC3CCCCC3)C(=O)C2C(c2cccc(O)c2)N1. The van der Waals surface area contributed by atoms with Gasteiger partial charge >= 0.3 is 6.03 Å². The third-order valence-electron chi connectivity index (χ3n) is 5.58. The van der Waals surface area contributed by atoms with Gasteiger partial charge < -0.3 is 15.3 Å². The highest BCUT2D eigenvalue weighted by Crippen LogP contribution is 2.35. The van der Waals surface area contributed by atoms with Gasteiger partial charge in [0.25, 0.3) is 0 Å². The zero-order valence-corrected chi connectivity index (χ0v) is 14.1. The van der Waals surface area contributed by atoms with E-state index in [4.69, 9.17) is 0 Å². The van der Waals surface area contributed by atoms with Crippen molar-refractivity contribution in [1.29, 1.82) is 0 Å². The average molecular weight is 341 g/mol. The van der Waals surface area contributed by atoms with Crippen molar-refractivity contribution in [3.8, 4) is 5.75 Å². The number of phenols is 1. The van der Waals surface area contributed by atoms with Crippen LogP contribution in [0.2, 0.25) is 0 Å². The number of nitrogens with one attached hydrogen (secondary N) is 1. The summed E-state index contributed by atoms with van der Waals surface area (Å²) in [5.74, 6) is 0.266. The van der Waals surface area contributed by atoms with Gasteiger partial charge in [0.1, 0.15) is 11.7 Å². The van der Waals surface area contributed by atoms with Crippen molar-refractivity contribution < 1.29 is 14.7 Å². The summed E-state index contributed by atoms with van der Waals surface area (Å²) >= 11 is 0. The van der Waals surface area contributed by atoms with E-state index in [1.54, 1.807) is 18.2 Å². The molecule has 132 valence electrons. The fourth-order valence-corrected chi connectivity index (χ4v) is 4.36. The maximum absolute atomic E-state index is 13.0. The zero-order chi connectivity index (χ0) is 17.4. The summed E-state index contributed by atoms with van der Waals surface area (Å²) in [6, 6.07) is 5.86. The van der Waals surface area contributed by atoms with Crippen LogP contribution in [0.5, 0.6) is 5.75 Å². The Bertz CT molecular complexity index is 724. The predicted octanol–water partition coefficient (Wildman–Crippen LogP) is 2.64. The first-order chi connectivity index (χ1) is 12.1. The van der Waals surface area contributed by atoms with Gasteiger partial charge in [0.2, 0.25) is 5.91 Å². The molecule has 4 rings (SSSR count). The summed E-state index contributed by atoms with van der Waals surface area (Å²) in [6.45, 7) is 1.21. The van der Waals surface area contributed by atoms with Crippen LogP contribution in [-0.2, 0) is 4.79 Å². The number of urea groups is 1. The molecule has 1 aromatic carbocycles. The quantitative estimate of drug-likeness (QED) is 0.887. The van der Waals surface area contributed by atoms with E-state index in [0.717, 1.165) is 12.1 Å². The van der Waals surface area contributed by atoms with Crippen molar-refractivity contribution in [1.82, 2.24) is 10.2 Å². The first-order valence-corrected chi connectivity index (χ1v) is 9.07. The minimum Gasteiger partial charge on any atom is -0.508 e. The molecule has 1 aromatic rings. The molecule has 2 heterocycles. The molecule has 0 bridgehead atoms. The summed E-state index contributed by atoms with van der Waals surface area (Å²) in [7, 11) is 0. The molecule has 1 aliphatic carbocycles. The van der Waals surface area contributed by atoms with Gasteiger partial charge in [-0.15, -0.1) is 0 Å². The van der Waals surface area contributed by atoms with E-state index < -0.39 is 18.0 Å². The Kier molecular flexibility index (Phi) is 4.19. The number of rotatable bonds is 3. The Morgan fingerprint density at radius 3 is 2.76 bits per heavy atom. The van der Waals surface area contributed by atoms with E-state index in [-0.39, 0.29) is 11.7 Å². The summed E-state index contributed by atoms with van der Waals surface area (Å²) in [5, 5.41) is 12.5. The number of aliphatic imine (C=N–C) groups is 1. The lowest BCUT2D eigenvalue weighted by molar-refractivity contribution is -0.132. The van der Waals surface area contributed by atoms with Gasteiger partial charge in [0.05, 0.1) is 18.3 Å². The molecule has 6 heteroatoms. The molecule has 2 unspecified atom stereocenters. The summed E-state index contributed by atoms with van der Waals surface area (Å²) in [6.07, 6.45) is 6.12. The van der Waals surface area contributed by atoms with E-state index in [1.165, 1.54) is 32.1 Å². The third kappa shape index (κ3) is 3.13. The Balaban J connectivity index is 1.58. The molecule has 3 aliphatic rings. The summed E-state index contributed by atoms with van der Waals surface area (Å²) in [5.41, 5.74) is 1.39. The van der Waals surface area contributed by atoms with Crippen molar-refractivity contribution in [3.63, 3.8) is 0 Å². The second-order valence-electron chi connectivity index (χ2n) is 7.33. The van der Waals surface area contributed by atoms with Gasteiger partial charge in [-0.25, -0.2) is 9.79 Å². The molecule has 3 amide bonds. The van der Waals surface area contributed by atoms with Gasteiger partial charge in [0.15, 0.2) is 0 Å². The number of fused-ring (bicyclic) bond motifs is 1. The molecule has 2 fully saturated rings. The minimum absolute atomic E-state index is 0.0395. The molecule has 2 atom stereocenters. The number of amides is 3. The number of aromatic hydroxyl groups is 1. The van der Waals surface area contributed by atoms with E-state index in [2.05, 4.69) is 10.3 Å². The Hall–Kier alpha value is -2.37. The highest BCUT2D eigenvalue weighted by molar-refractivity contribution is 6.16. The Morgan fingerprint density at radius 2 is 2.00 bits per heavy atom. The van der Waals surface area contributed by atoms with Crippen LogP contribution in [0.25, 0.3) is 0 Å². The van der Waals surface area contributed by atoms with Crippen LogP contribution in [0.3, 0.4) is 0 Å². The van der Waals surface area contributed by atoms with Crippen molar-refractivity contribution in [2.45, 2.75) is 38.1 Å². The van der Waals surface area contributed by atoms with Crippen molar-refractivity contribution in [2.75, 3.05) is 13.1 Å². The molecule has 2 aliphatic heterocycles. The number of likely N-dealkylation sites (tertiary alicyclic amines) is 1. The van der Waals surface area contributed by atoms with Gasteiger partial charge in [0, 0.05) is 6.54 Å². The molecule has 1 saturated carbocycles. The molecule has 25 heavy (non-hydrogen) atoms. The second kappa shape index (κ2) is 6.50. The summed E-state index contributed by atoms with van der Waals surface area (Å²) < 4.78 is 0. The predicted molar refractivity (Wildman–Crippen MR) is 93.5 cm³/mol. The number of nitrogens with zero attached hydrogens (tertiary/aromatic N) is 2.